The van der Waals surface area contributed by atoms with Crippen LogP contribution in [0.5, 0.6) is 0 Å². The van der Waals surface area contributed by atoms with Gasteiger partial charge in [0.15, 0.2) is 5.65 Å². The van der Waals surface area contributed by atoms with Crippen molar-refractivity contribution in [3.05, 3.63) is 62.4 Å². The van der Waals surface area contributed by atoms with Crippen molar-refractivity contribution >= 4 is 51.5 Å². The molecule has 0 atom stereocenters. The van der Waals surface area contributed by atoms with Gasteiger partial charge in [0.2, 0.25) is 0 Å². The van der Waals surface area contributed by atoms with Crippen LogP contribution in [-0.4, -0.2) is 33.6 Å². The van der Waals surface area contributed by atoms with Gasteiger partial charge in [-0.3, -0.25) is 9.59 Å². The summed E-state index contributed by atoms with van der Waals surface area (Å²) >= 11 is 7.84. The molecule has 0 unspecified atom stereocenters. The second kappa shape index (κ2) is 8.96. The van der Waals surface area contributed by atoms with Crippen LogP contribution in [-0.2, 0) is 0 Å². The van der Waals surface area contributed by atoms with E-state index in [0.29, 0.717) is 27.3 Å². The number of hydrogen-bond donors (Lipinski definition) is 2. The molecule has 3 heterocycles. The molecule has 170 valence electrons. The molecule has 4 aromatic rings. The number of benzene rings is 1. The lowest BCUT2D eigenvalue weighted by atomic mass is 10.1. The fraction of sp³-hybridized carbons (Fsp3) is 0.250. The van der Waals surface area contributed by atoms with E-state index in [9.17, 15) is 9.59 Å². The third kappa shape index (κ3) is 4.36. The average molecular weight is 482 g/mol. The molecule has 7 nitrogen and oxygen atoms in total. The molecule has 2 N–H and O–H groups in total. The molecule has 0 aliphatic rings. The van der Waals surface area contributed by atoms with Crippen molar-refractivity contribution in [3.63, 3.8) is 0 Å². The van der Waals surface area contributed by atoms with E-state index in [1.165, 1.54) is 11.9 Å². The van der Waals surface area contributed by atoms with Crippen LogP contribution in [0.15, 0.2) is 36.5 Å². The predicted octanol–water partition coefficient (Wildman–Crippen LogP) is 5.62. The number of nitrogens with one attached hydrogen (secondary N) is 2. The zero-order chi connectivity index (χ0) is 23.9. The van der Waals surface area contributed by atoms with Crippen LogP contribution in [0.3, 0.4) is 0 Å². The Hall–Kier alpha value is -3.23. The molecule has 3 aromatic heterocycles. The van der Waals surface area contributed by atoms with Crippen LogP contribution in [0.1, 0.15) is 50.4 Å². The highest BCUT2D eigenvalue weighted by Gasteiger charge is 2.20. The Morgan fingerprint density at radius 2 is 1.85 bits per heavy atom. The number of amides is 2. The largest absolute Gasteiger partial charge is 0.355 e. The van der Waals surface area contributed by atoms with Crippen molar-refractivity contribution < 1.29 is 9.59 Å². The first kappa shape index (κ1) is 22.9. The van der Waals surface area contributed by atoms with Gasteiger partial charge in [-0.1, -0.05) is 11.6 Å². The monoisotopic (exact) mass is 481 g/mol. The number of anilines is 1. The molecule has 2 amide bonds. The van der Waals surface area contributed by atoms with Crippen molar-refractivity contribution in [1.82, 2.24) is 20.1 Å². The van der Waals surface area contributed by atoms with Crippen LogP contribution in [0.25, 0.3) is 22.3 Å². The van der Waals surface area contributed by atoms with E-state index >= 15 is 0 Å². The lowest BCUT2D eigenvalue weighted by Gasteiger charge is -2.12. The normalized spacial score (nSPS) is 11.2. The quantitative estimate of drug-likeness (QED) is 0.387. The van der Waals surface area contributed by atoms with Gasteiger partial charge < -0.3 is 10.6 Å². The van der Waals surface area contributed by atoms with Gasteiger partial charge in [-0.25, -0.2) is 9.67 Å². The summed E-state index contributed by atoms with van der Waals surface area (Å²) in [4.78, 5) is 32.7. The predicted molar refractivity (Wildman–Crippen MR) is 133 cm³/mol. The van der Waals surface area contributed by atoms with E-state index in [4.69, 9.17) is 16.6 Å². The Morgan fingerprint density at radius 1 is 1.09 bits per heavy atom. The third-order valence-corrected chi connectivity index (χ3v) is 6.61. The molecule has 33 heavy (non-hydrogen) atoms. The Kier molecular flexibility index (Phi) is 6.23. The maximum atomic E-state index is 13.4. The summed E-state index contributed by atoms with van der Waals surface area (Å²) in [5.74, 6) is -0.645. The Bertz CT molecular complexity index is 1390. The van der Waals surface area contributed by atoms with Gasteiger partial charge in [0.05, 0.1) is 33.4 Å². The molecule has 0 fully saturated rings. The number of rotatable bonds is 5. The van der Waals surface area contributed by atoms with Crippen LogP contribution >= 0.6 is 22.9 Å². The van der Waals surface area contributed by atoms with Crippen molar-refractivity contribution in [2.24, 2.45) is 0 Å². The third-order valence-electron chi connectivity index (χ3n) is 5.31. The van der Waals surface area contributed by atoms with Crippen molar-refractivity contribution in [3.8, 4) is 11.3 Å². The highest BCUT2D eigenvalue weighted by atomic mass is 35.5. The lowest BCUT2D eigenvalue weighted by Crippen LogP contribution is -2.19. The van der Waals surface area contributed by atoms with E-state index in [-0.39, 0.29) is 23.4 Å². The van der Waals surface area contributed by atoms with Gasteiger partial charge >= 0.3 is 0 Å². The summed E-state index contributed by atoms with van der Waals surface area (Å²) in [7, 11) is 1.53. The molecule has 0 saturated carbocycles. The van der Waals surface area contributed by atoms with Crippen LogP contribution in [0.4, 0.5) is 5.69 Å². The average Bonchev–Trinajstić information content (AvgIpc) is 3.36. The first-order chi connectivity index (χ1) is 15.7. The summed E-state index contributed by atoms with van der Waals surface area (Å²) in [6.45, 7) is 8.14. The van der Waals surface area contributed by atoms with Crippen LogP contribution in [0.2, 0.25) is 5.02 Å². The summed E-state index contributed by atoms with van der Waals surface area (Å²) in [6, 6.07) is 8.77. The number of thiophene rings is 1. The molecule has 0 aliphatic carbocycles. The summed E-state index contributed by atoms with van der Waals surface area (Å²) in [6.07, 6.45) is 1.67. The first-order valence-electron chi connectivity index (χ1n) is 10.5. The molecule has 0 spiro atoms. The molecule has 4 rings (SSSR count). The van der Waals surface area contributed by atoms with Gasteiger partial charge in [0.1, 0.15) is 0 Å². The molecule has 0 saturated heterocycles. The van der Waals surface area contributed by atoms with Gasteiger partial charge in [0.25, 0.3) is 11.8 Å². The fourth-order valence-electron chi connectivity index (χ4n) is 3.72. The van der Waals surface area contributed by atoms with Crippen LogP contribution in [0, 0.1) is 13.8 Å². The number of carbonyl (C=O) groups excluding carboxylic acids is 2. The van der Waals surface area contributed by atoms with Gasteiger partial charge in [-0.15, -0.1) is 11.3 Å². The second-order valence-corrected chi connectivity index (χ2v) is 9.90. The molecular weight excluding hydrogens is 458 g/mol. The summed E-state index contributed by atoms with van der Waals surface area (Å²) in [5.41, 5.74) is 3.58. The highest BCUT2D eigenvalue weighted by molar-refractivity contribution is 7.12. The number of halogens is 1. The van der Waals surface area contributed by atoms with E-state index in [1.807, 2.05) is 25.5 Å². The topological polar surface area (TPSA) is 88.9 Å². The minimum absolute atomic E-state index is 0.0813. The highest BCUT2D eigenvalue weighted by Crippen LogP contribution is 2.33. The standard InChI is InChI=1S/C24H24ClN5O2S/c1-12(2)30-22-19(11-27-30)17(10-21(29-22)16-8-13(3)33-14(16)4)24(32)28-15-6-7-20(25)18(9-15)23(31)26-5/h6-12H,1-5H3,(H,26,31)(H,28,32). The van der Waals surface area contributed by atoms with Crippen molar-refractivity contribution in [2.75, 3.05) is 12.4 Å². The van der Waals surface area contributed by atoms with Gasteiger partial charge in [-0.2, -0.15) is 5.10 Å². The minimum Gasteiger partial charge on any atom is -0.355 e. The number of aryl methyl sites for hydroxylation is 2. The Morgan fingerprint density at radius 3 is 2.48 bits per heavy atom. The van der Waals surface area contributed by atoms with E-state index < -0.39 is 0 Å². The molecule has 0 radical (unpaired) electrons. The van der Waals surface area contributed by atoms with Crippen molar-refractivity contribution in [2.45, 2.75) is 33.7 Å². The Labute approximate surface area is 200 Å². The zero-order valence-electron chi connectivity index (χ0n) is 19.0. The lowest BCUT2D eigenvalue weighted by molar-refractivity contribution is 0.0961. The molecule has 0 bridgehead atoms. The maximum absolute atomic E-state index is 13.4. The van der Waals surface area contributed by atoms with Gasteiger partial charge in [0, 0.05) is 34.1 Å². The zero-order valence-corrected chi connectivity index (χ0v) is 20.6. The number of pyridine rings is 1. The van der Waals surface area contributed by atoms with E-state index in [1.54, 1.807) is 41.8 Å². The second-order valence-electron chi connectivity index (χ2n) is 8.03. The van der Waals surface area contributed by atoms with E-state index in [0.717, 1.165) is 16.1 Å². The number of hydrogen-bond acceptors (Lipinski definition) is 5. The maximum Gasteiger partial charge on any atom is 0.256 e. The Balaban J connectivity index is 1.82. The fourth-order valence-corrected chi connectivity index (χ4v) is 4.85. The molecular formula is C24H24ClN5O2S. The first-order valence-corrected chi connectivity index (χ1v) is 11.7. The summed E-state index contributed by atoms with van der Waals surface area (Å²) < 4.78 is 1.82. The SMILES string of the molecule is CNC(=O)c1cc(NC(=O)c2cc(-c3cc(C)sc3C)nc3c2cnn3C(C)C)ccc1Cl. The number of aromatic nitrogens is 3. The number of carbonyl (C=O) groups is 2. The molecule has 9 heteroatoms. The minimum atomic E-state index is -0.328. The number of nitrogens with zero attached hydrogens (tertiary/aromatic N) is 3. The summed E-state index contributed by atoms with van der Waals surface area (Å²) in [5, 5.41) is 10.9. The van der Waals surface area contributed by atoms with Crippen LogP contribution < -0.4 is 10.6 Å². The van der Waals surface area contributed by atoms with Gasteiger partial charge in [-0.05, 0) is 58.0 Å². The smallest absolute Gasteiger partial charge is 0.256 e. The van der Waals surface area contributed by atoms with Crippen molar-refractivity contribution in [1.29, 1.82) is 0 Å². The molecule has 0 aliphatic heterocycles. The van der Waals surface area contributed by atoms with E-state index in [2.05, 4.69) is 28.7 Å². The molecule has 1 aromatic carbocycles. The number of fused-ring (bicyclic) bond motifs is 1.